The first-order valence-electron chi connectivity index (χ1n) is 10.1. The van der Waals surface area contributed by atoms with Gasteiger partial charge in [-0.3, -0.25) is 4.79 Å². The summed E-state index contributed by atoms with van der Waals surface area (Å²) in [5.41, 5.74) is 2.81. The van der Waals surface area contributed by atoms with Crippen LogP contribution in [0.2, 0.25) is 0 Å². The molecule has 2 aromatic heterocycles. The third kappa shape index (κ3) is 4.75. The SMILES string of the molecule is Cc1ccccc1OCc1nnc(SCC(=O)Nc2sc3c(c2C#N)CCCC3)n1C. The van der Waals surface area contributed by atoms with Crippen LogP contribution in [0, 0.1) is 18.3 Å². The molecule has 3 aromatic rings. The number of nitriles is 1. The highest BCUT2D eigenvalue weighted by molar-refractivity contribution is 7.99. The van der Waals surface area contributed by atoms with E-state index in [1.807, 2.05) is 42.8 Å². The largest absolute Gasteiger partial charge is 0.485 e. The number of thioether (sulfide) groups is 1. The van der Waals surface area contributed by atoms with Crippen LogP contribution in [0.25, 0.3) is 0 Å². The van der Waals surface area contributed by atoms with Crippen molar-refractivity contribution in [2.75, 3.05) is 11.1 Å². The molecule has 0 unspecified atom stereocenters. The minimum absolute atomic E-state index is 0.152. The van der Waals surface area contributed by atoms with Crippen molar-refractivity contribution in [2.24, 2.45) is 7.05 Å². The number of hydrogen-bond acceptors (Lipinski definition) is 7. The average Bonchev–Trinajstić information content (AvgIpc) is 3.30. The van der Waals surface area contributed by atoms with Gasteiger partial charge in [-0.2, -0.15) is 5.26 Å². The van der Waals surface area contributed by atoms with Crippen molar-refractivity contribution >= 4 is 34.0 Å². The fourth-order valence-corrected chi connectivity index (χ4v) is 5.51. The number of fused-ring (bicyclic) bond motifs is 1. The highest BCUT2D eigenvalue weighted by Gasteiger charge is 2.22. The molecule has 0 bridgehead atoms. The second-order valence-corrected chi connectivity index (χ2v) is 9.42. The summed E-state index contributed by atoms with van der Waals surface area (Å²) in [6.45, 7) is 2.29. The number of hydrogen-bond donors (Lipinski definition) is 1. The molecule has 0 saturated heterocycles. The number of carbonyl (C=O) groups excluding carboxylic acids is 1. The normalized spacial score (nSPS) is 12.8. The molecule has 0 atom stereocenters. The molecule has 0 fully saturated rings. The van der Waals surface area contributed by atoms with Crippen molar-refractivity contribution in [2.45, 2.75) is 44.4 Å². The van der Waals surface area contributed by atoms with Gasteiger partial charge in [-0.15, -0.1) is 21.5 Å². The van der Waals surface area contributed by atoms with Gasteiger partial charge in [-0.05, 0) is 49.8 Å². The highest BCUT2D eigenvalue weighted by atomic mass is 32.2. The Balaban J connectivity index is 1.35. The number of nitrogens with one attached hydrogen (secondary N) is 1. The van der Waals surface area contributed by atoms with Crippen molar-refractivity contribution in [1.29, 1.82) is 5.26 Å². The first kappa shape index (κ1) is 21.4. The van der Waals surface area contributed by atoms with Crippen molar-refractivity contribution in [3.8, 4) is 11.8 Å². The van der Waals surface area contributed by atoms with E-state index < -0.39 is 0 Å². The van der Waals surface area contributed by atoms with E-state index in [2.05, 4.69) is 21.6 Å². The Morgan fingerprint density at radius 1 is 1.32 bits per heavy atom. The molecule has 1 amide bonds. The fraction of sp³-hybridized carbons (Fsp3) is 0.364. The molecule has 160 valence electrons. The summed E-state index contributed by atoms with van der Waals surface area (Å²) in [6.07, 6.45) is 4.16. The molecular formula is C22H23N5O2S2. The van der Waals surface area contributed by atoms with E-state index in [4.69, 9.17) is 4.74 Å². The van der Waals surface area contributed by atoms with Gasteiger partial charge in [0, 0.05) is 11.9 Å². The summed E-state index contributed by atoms with van der Waals surface area (Å²) < 4.78 is 7.68. The summed E-state index contributed by atoms with van der Waals surface area (Å²) in [6, 6.07) is 10.1. The summed E-state index contributed by atoms with van der Waals surface area (Å²) in [5.74, 6) is 1.54. The molecule has 1 aromatic carbocycles. The average molecular weight is 454 g/mol. The zero-order chi connectivity index (χ0) is 21.8. The van der Waals surface area contributed by atoms with Crippen LogP contribution < -0.4 is 10.1 Å². The monoisotopic (exact) mass is 453 g/mol. The Morgan fingerprint density at radius 2 is 2.13 bits per heavy atom. The number of para-hydroxylation sites is 1. The summed E-state index contributed by atoms with van der Waals surface area (Å²) in [7, 11) is 1.86. The first-order valence-corrected chi connectivity index (χ1v) is 11.9. The van der Waals surface area contributed by atoms with Gasteiger partial charge in [0.15, 0.2) is 11.0 Å². The maximum atomic E-state index is 12.5. The Labute approximate surface area is 189 Å². The van der Waals surface area contributed by atoms with Crippen LogP contribution >= 0.6 is 23.1 Å². The van der Waals surface area contributed by atoms with Gasteiger partial charge < -0.3 is 14.6 Å². The summed E-state index contributed by atoms with van der Waals surface area (Å²) >= 11 is 2.85. The molecule has 31 heavy (non-hydrogen) atoms. The minimum atomic E-state index is -0.152. The van der Waals surface area contributed by atoms with Gasteiger partial charge in [0.25, 0.3) is 0 Å². The molecule has 1 N–H and O–H groups in total. The molecule has 7 nitrogen and oxygen atoms in total. The number of aromatic nitrogens is 3. The maximum absolute atomic E-state index is 12.5. The van der Waals surface area contributed by atoms with Gasteiger partial charge >= 0.3 is 0 Å². The molecule has 0 aliphatic heterocycles. The molecule has 1 aliphatic carbocycles. The number of thiophene rings is 1. The van der Waals surface area contributed by atoms with Crippen LogP contribution in [0.1, 0.15) is 40.2 Å². The number of rotatable bonds is 7. The lowest BCUT2D eigenvalue weighted by Gasteiger charge is -2.09. The zero-order valence-electron chi connectivity index (χ0n) is 17.5. The number of carbonyl (C=O) groups is 1. The van der Waals surface area contributed by atoms with Crippen LogP contribution in [-0.4, -0.2) is 26.4 Å². The van der Waals surface area contributed by atoms with Crippen molar-refractivity contribution in [3.05, 3.63) is 51.7 Å². The topological polar surface area (TPSA) is 92.8 Å². The van der Waals surface area contributed by atoms with Crippen LogP contribution in [0.3, 0.4) is 0 Å². The van der Waals surface area contributed by atoms with E-state index in [9.17, 15) is 10.1 Å². The number of amides is 1. The lowest BCUT2D eigenvalue weighted by Crippen LogP contribution is -2.14. The number of anilines is 1. The lowest BCUT2D eigenvalue weighted by atomic mass is 9.96. The van der Waals surface area contributed by atoms with Gasteiger partial charge in [-0.1, -0.05) is 30.0 Å². The van der Waals surface area contributed by atoms with Gasteiger partial charge in [0.05, 0.1) is 11.3 Å². The molecule has 9 heteroatoms. The lowest BCUT2D eigenvalue weighted by molar-refractivity contribution is -0.113. The second kappa shape index (κ2) is 9.54. The van der Waals surface area contributed by atoms with Crippen molar-refractivity contribution < 1.29 is 9.53 Å². The van der Waals surface area contributed by atoms with Crippen molar-refractivity contribution in [3.63, 3.8) is 0 Å². The number of benzene rings is 1. The van der Waals surface area contributed by atoms with E-state index in [1.54, 1.807) is 0 Å². The standard InChI is InChI=1S/C22H23N5O2S2/c1-14-7-3-5-9-17(14)29-12-19-25-26-22(27(19)2)30-13-20(28)24-21-16(11-23)15-8-4-6-10-18(15)31-21/h3,5,7,9H,4,6,8,10,12-13H2,1-2H3,(H,24,28). The van der Waals surface area contributed by atoms with E-state index in [0.717, 1.165) is 42.6 Å². The van der Waals surface area contributed by atoms with Gasteiger partial charge in [0.2, 0.25) is 5.91 Å². The smallest absolute Gasteiger partial charge is 0.235 e. The van der Waals surface area contributed by atoms with E-state index in [0.29, 0.717) is 28.2 Å². The molecule has 0 saturated carbocycles. The molecule has 2 heterocycles. The van der Waals surface area contributed by atoms with Crippen LogP contribution in [0.5, 0.6) is 5.75 Å². The van der Waals surface area contributed by atoms with Gasteiger partial charge in [0.1, 0.15) is 23.4 Å². The van der Waals surface area contributed by atoms with Crippen LogP contribution in [-0.2, 0) is 31.3 Å². The van der Waals surface area contributed by atoms with Crippen LogP contribution in [0.15, 0.2) is 29.4 Å². The third-order valence-electron chi connectivity index (χ3n) is 5.24. The van der Waals surface area contributed by atoms with E-state index >= 15 is 0 Å². The summed E-state index contributed by atoms with van der Waals surface area (Å²) in [4.78, 5) is 13.7. The molecule has 4 rings (SSSR count). The number of nitrogens with zero attached hydrogens (tertiary/aromatic N) is 4. The van der Waals surface area contributed by atoms with E-state index in [-0.39, 0.29) is 11.7 Å². The van der Waals surface area contributed by atoms with Gasteiger partial charge in [-0.25, -0.2) is 0 Å². The maximum Gasteiger partial charge on any atom is 0.235 e. The quantitative estimate of drug-likeness (QED) is 0.538. The fourth-order valence-electron chi connectivity index (χ4n) is 3.52. The highest BCUT2D eigenvalue weighted by Crippen LogP contribution is 2.37. The Morgan fingerprint density at radius 3 is 2.94 bits per heavy atom. The minimum Gasteiger partial charge on any atom is -0.485 e. The van der Waals surface area contributed by atoms with E-state index in [1.165, 1.54) is 28.0 Å². The predicted molar refractivity (Wildman–Crippen MR) is 122 cm³/mol. The first-order chi connectivity index (χ1) is 15.1. The molecular weight excluding hydrogens is 430 g/mol. The number of aryl methyl sites for hydroxylation is 2. The predicted octanol–water partition coefficient (Wildman–Crippen LogP) is 4.25. The Kier molecular flexibility index (Phi) is 6.59. The second-order valence-electron chi connectivity index (χ2n) is 7.38. The Hall–Kier alpha value is -2.83. The zero-order valence-corrected chi connectivity index (χ0v) is 19.1. The summed E-state index contributed by atoms with van der Waals surface area (Å²) in [5, 5.41) is 22.1. The number of ether oxygens (including phenoxy) is 1. The van der Waals surface area contributed by atoms with Crippen LogP contribution in [0.4, 0.5) is 5.00 Å². The third-order valence-corrected chi connectivity index (χ3v) is 7.47. The Bertz CT molecular complexity index is 1150. The molecule has 0 radical (unpaired) electrons. The molecule has 0 spiro atoms. The van der Waals surface area contributed by atoms with Crippen molar-refractivity contribution in [1.82, 2.24) is 14.8 Å². The molecule has 1 aliphatic rings.